The molecule has 1 aliphatic heterocycles. The van der Waals surface area contributed by atoms with E-state index in [0.717, 1.165) is 32.1 Å². The van der Waals surface area contributed by atoms with Crippen LogP contribution in [0.4, 0.5) is 8.78 Å². The minimum absolute atomic E-state index is 0.0104. The summed E-state index contributed by atoms with van der Waals surface area (Å²) in [6.45, 7) is 2.67. The summed E-state index contributed by atoms with van der Waals surface area (Å²) in [7, 11) is 4.02. The Hall–Kier alpha value is -1.04. The molecule has 0 amide bonds. The summed E-state index contributed by atoms with van der Waals surface area (Å²) >= 11 is 0. The number of nitrogens with two attached hydrogens (primary N) is 1. The molecule has 0 saturated carbocycles. The van der Waals surface area contributed by atoms with E-state index in [1.54, 1.807) is 6.07 Å². The van der Waals surface area contributed by atoms with Crippen molar-refractivity contribution in [1.29, 1.82) is 0 Å². The third-order valence-corrected chi connectivity index (χ3v) is 3.87. The molecule has 3 nitrogen and oxygen atoms in total. The highest BCUT2D eigenvalue weighted by atomic mass is 19.2. The van der Waals surface area contributed by atoms with Crippen LogP contribution in [0.25, 0.3) is 0 Å². The van der Waals surface area contributed by atoms with Crippen molar-refractivity contribution < 1.29 is 8.78 Å². The van der Waals surface area contributed by atoms with E-state index >= 15 is 0 Å². The fourth-order valence-corrected chi connectivity index (χ4v) is 2.68. The molecular formula is C14H21F2N3. The van der Waals surface area contributed by atoms with Gasteiger partial charge in [-0.3, -0.25) is 0 Å². The van der Waals surface area contributed by atoms with Gasteiger partial charge in [0.2, 0.25) is 0 Å². The molecule has 1 fully saturated rings. The molecule has 0 aromatic heterocycles. The maximum atomic E-state index is 13.8. The van der Waals surface area contributed by atoms with Gasteiger partial charge in [-0.1, -0.05) is 12.1 Å². The molecule has 5 heteroatoms. The Morgan fingerprint density at radius 3 is 2.74 bits per heavy atom. The smallest absolute Gasteiger partial charge is 0.163 e. The van der Waals surface area contributed by atoms with Gasteiger partial charge in [0.25, 0.3) is 0 Å². The summed E-state index contributed by atoms with van der Waals surface area (Å²) < 4.78 is 27.2. The zero-order valence-corrected chi connectivity index (χ0v) is 11.4. The van der Waals surface area contributed by atoms with Gasteiger partial charge in [0.05, 0.1) is 0 Å². The summed E-state index contributed by atoms with van der Waals surface area (Å²) in [5, 5.41) is 0. The van der Waals surface area contributed by atoms with Crippen molar-refractivity contribution in [2.75, 3.05) is 33.7 Å². The van der Waals surface area contributed by atoms with Crippen LogP contribution in [0.1, 0.15) is 18.0 Å². The molecule has 0 radical (unpaired) electrons. The molecule has 1 saturated heterocycles. The maximum Gasteiger partial charge on any atom is 0.163 e. The van der Waals surface area contributed by atoms with Gasteiger partial charge in [-0.2, -0.15) is 0 Å². The Morgan fingerprint density at radius 2 is 2.00 bits per heavy atom. The first-order valence-electron chi connectivity index (χ1n) is 6.59. The Morgan fingerprint density at radius 1 is 1.26 bits per heavy atom. The molecule has 2 atom stereocenters. The van der Waals surface area contributed by atoms with E-state index in [-0.39, 0.29) is 11.6 Å². The summed E-state index contributed by atoms with van der Waals surface area (Å²) in [6.07, 6.45) is 1.06. The Kier molecular flexibility index (Phi) is 4.50. The van der Waals surface area contributed by atoms with Gasteiger partial charge in [-0.05, 0) is 39.7 Å². The Balaban J connectivity index is 2.26. The molecule has 2 unspecified atom stereocenters. The Labute approximate surface area is 113 Å². The number of hydrogen-bond acceptors (Lipinski definition) is 3. The molecule has 0 aliphatic carbocycles. The highest BCUT2D eigenvalue weighted by Gasteiger charge is 2.29. The normalized spacial score (nSPS) is 24.2. The van der Waals surface area contributed by atoms with Gasteiger partial charge < -0.3 is 15.5 Å². The molecule has 2 rings (SSSR count). The van der Waals surface area contributed by atoms with Gasteiger partial charge in [0.15, 0.2) is 11.6 Å². The minimum atomic E-state index is -0.836. The van der Waals surface area contributed by atoms with E-state index < -0.39 is 17.7 Å². The lowest BCUT2D eigenvalue weighted by Gasteiger charge is -2.32. The second-order valence-electron chi connectivity index (χ2n) is 5.33. The van der Waals surface area contributed by atoms with E-state index in [1.807, 2.05) is 14.1 Å². The van der Waals surface area contributed by atoms with Crippen molar-refractivity contribution in [3.63, 3.8) is 0 Å². The topological polar surface area (TPSA) is 32.5 Å². The maximum absolute atomic E-state index is 13.8. The van der Waals surface area contributed by atoms with Gasteiger partial charge in [0.1, 0.15) is 0 Å². The van der Waals surface area contributed by atoms with E-state index in [0.29, 0.717) is 0 Å². The van der Waals surface area contributed by atoms with Crippen LogP contribution in [-0.4, -0.2) is 49.6 Å². The van der Waals surface area contributed by atoms with Crippen LogP contribution in [0.3, 0.4) is 0 Å². The molecule has 0 spiro atoms. The van der Waals surface area contributed by atoms with E-state index in [2.05, 4.69) is 9.80 Å². The lowest BCUT2D eigenvalue weighted by atomic mass is 9.98. The van der Waals surface area contributed by atoms with Crippen molar-refractivity contribution >= 4 is 0 Å². The molecule has 2 N–H and O–H groups in total. The first-order chi connectivity index (χ1) is 9.00. The monoisotopic (exact) mass is 269 g/mol. The zero-order chi connectivity index (χ0) is 14.0. The molecule has 1 heterocycles. The minimum Gasteiger partial charge on any atom is -0.323 e. The number of hydrogen-bond donors (Lipinski definition) is 1. The lowest BCUT2D eigenvalue weighted by Crippen LogP contribution is -2.45. The third-order valence-electron chi connectivity index (χ3n) is 3.87. The summed E-state index contributed by atoms with van der Waals surface area (Å²) in [5.41, 5.74) is 6.44. The largest absolute Gasteiger partial charge is 0.323 e. The van der Waals surface area contributed by atoms with Crippen molar-refractivity contribution in [1.82, 2.24) is 9.80 Å². The summed E-state index contributed by atoms with van der Waals surface area (Å²) in [5.74, 6) is -1.66. The number of halogens is 2. The summed E-state index contributed by atoms with van der Waals surface area (Å²) in [4.78, 5) is 4.32. The van der Waals surface area contributed by atoms with Crippen LogP contribution < -0.4 is 5.73 Å². The molecule has 0 bridgehead atoms. The predicted octanol–water partition coefficient (Wildman–Crippen LogP) is 1.60. The molecule has 1 aliphatic rings. The van der Waals surface area contributed by atoms with E-state index in [9.17, 15) is 8.78 Å². The van der Waals surface area contributed by atoms with Crippen LogP contribution in [-0.2, 0) is 0 Å². The average molecular weight is 269 g/mol. The van der Waals surface area contributed by atoms with Crippen LogP contribution in [0.15, 0.2) is 18.2 Å². The number of rotatable bonds is 2. The van der Waals surface area contributed by atoms with Crippen molar-refractivity contribution in [3.05, 3.63) is 35.4 Å². The molecule has 19 heavy (non-hydrogen) atoms. The second-order valence-corrected chi connectivity index (χ2v) is 5.33. The van der Waals surface area contributed by atoms with Gasteiger partial charge in [-0.15, -0.1) is 0 Å². The lowest BCUT2D eigenvalue weighted by molar-refractivity contribution is 0.194. The SMILES string of the molecule is CN1CCCN(C)C(C(N)c2cccc(F)c2F)C1. The van der Waals surface area contributed by atoms with Crippen molar-refractivity contribution in [3.8, 4) is 0 Å². The van der Waals surface area contributed by atoms with E-state index in [1.165, 1.54) is 6.07 Å². The number of nitrogens with zero attached hydrogens (tertiary/aromatic N) is 2. The molecule has 106 valence electrons. The van der Waals surface area contributed by atoms with Crippen molar-refractivity contribution in [2.45, 2.75) is 18.5 Å². The average Bonchev–Trinajstić information content (AvgIpc) is 2.54. The second kappa shape index (κ2) is 5.94. The molecule has 1 aromatic rings. The van der Waals surface area contributed by atoms with Crippen molar-refractivity contribution in [2.24, 2.45) is 5.73 Å². The predicted molar refractivity (Wildman–Crippen MR) is 71.8 cm³/mol. The first-order valence-corrected chi connectivity index (χ1v) is 6.59. The van der Waals surface area contributed by atoms with Gasteiger partial charge >= 0.3 is 0 Å². The Bertz CT molecular complexity index is 439. The van der Waals surface area contributed by atoms with Gasteiger partial charge in [-0.25, -0.2) is 8.78 Å². The molecule has 1 aromatic carbocycles. The number of benzene rings is 1. The third kappa shape index (κ3) is 3.11. The van der Waals surface area contributed by atoms with Crippen LogP contribution >= 0.6 is 0 Å². The highest BCUT2D eigenvalue weighted by Crippen LogP contribution is 2.24. The standard InChI is InChI=1S/C14H21F2N3/c1-18-7-4-8-19(2)12(9-18)14(17)10-5-3-6-11(15)13(10)16/h3,5-6,12,14H,4,7-9,17H2,1-2H3. The van der Waals surface area contributed by atoms with Crippen LogP contribution in [0.5, 0.6) is 0 Å². The van der Waals surface area contributed by atoms with Gasteiger partial charge in [0, 0.05) is 24.2 Å². The highest BCUT2D eigenvalue weighted by molar-refractivity contribution is 5.24. The first kappa shape index (κ1) is 14.4. The van der Waals surface area contributed by atoms with Crippen LogP contribution in [0.2, 0.25) is 0 Å². The quantitative estimate of drug-likeness (QED) is 0.885. The fourth-order valence-electron chi connectivity index (χ4n) is 2.68. The summed E-state index contributed by atoms with van der Waals surface area (Å²) in [6, 6.07) is 3.66. The van der Waals surface area contributed by atoms with Crippen LogP contribution in [0, 0.1) is 11.6 Å². The zero-order valence-electron chi connectivity index (χ0n) is 11.4. The molecular weight excluding hydrogens is 248 g/mol. The van der Waals surface area contributed by atoms with E-state index in [4.69, 9.17) is 5.73 Å². The number of likely N-dealkylation sites (N-methyl/N-ethyl adjacent to an activating group) is 2. The fraction of sp³-hybridized carbons (Fsp3) is 0.571.